The quantitative estimate of drug-likeness (QED) is 0.589. The Labute approximate surface area is 137 Å². The molecule has 0 bridgehead atoms. The van der Waals surface area contributed by atoms with Crippen LogP contribution in [0.1, 0.15) is 6.92 Å². The van der Waals surface area contributed by atoms with Gasteiger partial charge in [-0.15, -0.1) is 0 Å². The highest BCUT2D eigenvalue weighted by molar-refractivity contribution is 6.33. The third-order valence-electron chi connectivity index (χ3n) is 3.49. The molecule has 23 heavy (non-hydrogen) atoms. The largest absolute Gasteiger partial charge is 0.710 e. The standard InChI is InChI=1S/C16H14ClN3O3/c1-2-23-10-7-8-13-14(9-10)19(21)15(16(18)20(13)22)11-5-3-4-6-12(11)17/h3-9H,2,18H2,1H3. The minimum absolute atomic E-state index is 0.0201. The van der Waals surface area contributed by atoms with Crippen molar-refractivity contribution < 1.29 is 14.2 Å². The maximum atomic E-state index is 12.8. The molecular formula is C16H14ClN3O3. The number of aromatic nitrogens is 2. The molecule has 0 atom stereocenters. The van der Waals surface area contributed by atoms with E-state index in [1.165, 1.54) is 12.1 Å². The average Bonchev–Trinajstić information content (AvgIpc) is 2.55. The maximum absolute atomic E-state index is 12.8. The van der Waals surface area contributed by atoms with Crippen LogP contribution in [0.3, 0.4) is 0 Å². The van der Waals surface area contributed by atoms with Crippen LogP contribution in [0.5, 0.6) is 5.75 Å². The van der Waals surface area contributed by atoms with E-state index in [-0.39, 0.29) is 22.5 Å². The number of hydrogen-bond donors (Lipinski definition) is 1. The molecule has 118 valence electrons. The van der Waals surface area contributed by atoms with Gasteiger partial charge in [-0.25, -0.2) is 4.73 Å². The first kappa shape index (κ1) is 15.2. The van der Waals surface area contributed by atoms with Crippen LogP contribution < -0.4 is 19.9 Å². The number of nitrogen functional groups attached to an aromatic ring is 1. The molecule has 0 saturated heterocycles. The number of anilines is 1. The first-order valence-electron chi connectivity index (χ1n) is 7.00. The zero-order valence-electron chi connectivity index (χ0n) is 12.3. The molecule has 3 aromatic rings. The van der Waals surface area contributed by atoms with E-state index < -0.39 is 0 Å². The molecular weight excluding hydrogens is 318 g/mol. The average molecular weight is 332 g/mol. The van der Waals surface area contributed by atoms with Gasteiger partial charge in [0.2, 0.25) is 5.52 Å². The second kappa shape index (κ2) is 5.81. The van der Waals surface area contributed by atoms with Crippen molar-refractivity contribution in [2.24, 2.45) is 0 Å². The van der Waals surface area contributed by atoms with Gasteiger partial charge in [-0.2, -0.15) is 4.73 Å². The lowest BCUT2D eigenvalue weighted by atomic mass is 10.1. The highest BCUT2D eigenvalue weighted by Crippen LogP contribution is 2.29. The Morgan fingerprint density at radius 1 is 1.09 bits per heavy atom. The van der Waals surface area contributed by atoms with E-state index in [2.05, 4.69) is 0 Å². The summed E-state index contributed by atoms with van der Waals surface area (Å²) in [5, 5.41) is 25.5. The van der Waals surface area contributed by atoms with Crippen molar-refractivity contribution in [2.75, 3.05) is 12.3 Å². The number of hydrogen-bond acceptors (Lipinski definition) is 4. The normalized spacial score (nSPS) is 10.9. The zero-order chi connectivity index (χ0) is 16.6. The predicted octanol–water partition coefficient (Wildman–Crippen LogP) is 2.41. The molecule has 0 amide bonds. The van der Waals surface area contributed by atoms with E-state index in [0.29, 0.717) is 32.4 Å². The fraction of sp³-hybridized carbons (Fsp3) is 0.125. The summed E-state index contributed by atoms with van der Waals surface area (Å²) in [5.41, 5.74) is 6.63. The summed E-state index contributed by atoms with van der Waals surface area (Å²) in [6, 6.07) is 11.4. The van der Waals surface area contributed by atoms with E-state index in [1.54, 1.807) is 30.3 Å². The summed E-state index contributed by atoms with van der Waals surface area (Å²) in [5.74, 6) is 0.296. The third-order valence-corrected chi connectivity index (χ3v) is 3.82. The number of benzene rings is 2. The van der Waals surface area contributed by atoms with Crippen LogP contribution in [0, 0.1) is 10.4 Å². The van der Waals surface area contributed by atoms with E-state index >= 15 is 0 Å². The Morgan fingerprint density at radius 2 is 1.83 bits per heavy atom. The minimum atomic E-state index is -0.204. The van der Waals surface area contributed by atoms with Gasteiger partial charge in [0.1, 0.15) is 5.75 Å². The minimum Gasteiger partial charge on any atom is -0.710 e. The number of fused-ring (bicyclic) bond motifs is 1. The molecule has 2 N–H and O–H groups in total. The lowest BCUT2D eigenvalue weighted by molar-refractivity contribution is -0.609. The maximum Gasteiger partial charge on any atom is 0.351 e. The molecule has 0 spiro atoms. The van der Waals surface area contributed by atoms with Crippen LogP contribution in [0.25, 0.3) is 22.3 Å². The molecule has 0 radical (unpaired) electrons. The third kappa shape index (κ3) is 2.47. The fourth-order valence-electron chi connectivity index (χ4n) is 2.45. The summed E-state index contributed by atoms with van der Waals surface area (Å²) in [6.07, 6.45) is 0. The van der Waals surface area contributed by atoms with Crippen molar-refractivity contribution in [2.45, 2.75) is 6.92 Å². The monoisotopic (exact) mass is 331 g/mol. The Bertz CT molecular complexity index is 899. The Morgan fingerprint density at radius 3 is 2.52 bits per heavy atom. The molecule has 0 aliphatic heterocycles. The zero-order valence-corrected chi connectivity index (χ0v) is 13.1. The van der Waals surface area contributed by atoms with Crippen LogP contribution in [-0.4, -0.2) is 6.61 Å². The smallest absolute Gasteiger partial charge is 0.351 e. The summed E-state index contributed by atoms with van der Waals surface area (Å²) >= 11 is 6.14. The van der Waals surface area contributed by atoms with Crippen LogP contribution in [-0.2, 0) is 0 Å². The van der Waals surface area contributed by atoms with Gasteiger partial charge in [0.05, 0.1) is 23.3 Å². The van der Waals surface area contributed by atoms with Gasteiger partial charge in [0, 0.05) is 0 Å². The van der Waals surface area contributed by atoms with E-state index in [1.807, 2.05) is 6.92 Å². The fourth-order valence-corrected chi connectivity index (χ4v) is 2.67. The van der Waals surface area contributed by atoms with Gasteiger partial charge in [0.25, 0.3) is 5.52 Å². The summed E-state index contributed by atoms with van der Waals surface area (Å²) < 4.78 is 6.53. The van der Waals surface area contributed by atoms with Crippen molar-refractivity contribution in [3.8, 4) is 17.0 Å². The number of nitrogens with two attached hydrogens (primary N) is 1. The van der Waals surface area contributed by atoms with Crippen LogP contribution in [0.4, 0.5) is 5.82 Å². The molecule has 1 heterocycles. The van der Waals surface area contributed by atoms with Crippen molar-refractivity contribution in [1.82, 2.24) is 0 Å². The molecule has 7 heteroatoms. The second-order valence-corrected chi connectivity index (χ2v) is 5.29. The van der Waals surface area contributed by atoms with E-state index in [4.69, 9.17) is 22.1 Å². The summed E-state index contributed by atoms with van der Waals surface area (Å²) in [4.78, 5) is 0. The molecule has 0 aliphatic carbocycles. The number of rotatable bonds is 3. The lowest BCUT2D eigenvalue weighted by Crippen LogP contribution is -2.43. The molecule has 0 unspecified atom stereocenters. The topological polar surface area (TPSA) is 89.1 Å². The lowest BCUT2D eigenvalue weighted by Gasteiger charge is -2.14. The number of nitrogens with zero attached hydrogens (tertiary/aromatic N) is 2. The van der Waals surface area contributed by atoms with Gasteiger partial charge < -0.3 is 15.2 Å². The predicted molar refractivity (Wildman–Crippen MR) is 87.9 cm³/mol. The van der Waals surface area contributed by atoms with E-state index in [9.17, 15) is 10.4 Å². The number of ether oxygens (including phenoxy) is 1. The Kier molecular flexibility index (Phi) is 3.83. The van der Waals surface area contributed by atoms with Gasteiger partial charge in [-0.05, 0) is 31.2 Å². The SMILES string of the molecule is CCOc1ccc2c(c1)[n+]([O-])c(-c1ccccc1Cl)c(N)[n+]2[O-]. The molecule has 0 fully saturated rings. The van der Waals surface area contributed by atoms with Crippen molar-refractivity contribution in [1.29, 1.82) is 0 Å². The first-order chi connectivity index (χ1) is 11.0. The molecule has 0 aliphatic rings. The van der Waals surface area contributed by atoms with Gasteiger partial charge in [0.15, 0.2) is 0 Å². The van der Waals surface area contributed by atoms with Crippen LogP contribution in [0.15, 0.2) is 42.5 Å². The Hall–Kier alpha value is -2.73. The highest BCUT2D eigenvalue weighted by Gasteiger charge is 2.27. The Balaban J connectivity index is 2.36. The molecule has 6 nitrogen and oxygen atoms in total. The molecule has 3 rings (SSSR count). The van der Waals surface area contributed by atoms with Gasteiger partial charge in [-0.1, -0.05) is 23.7 Å². The van der Waals surface area contributed by atoms with Crippen LogP contribution >= 0.6 is 11.6 Å². The van der Waals surface area contributed by atoms with Crippen molar-refractivity contribution >= 4 is 28.5 Å². The second-order valence-electron chi connectivity index (χ2n) is 4.89. The molecule has 2 aromatic carbocycles. The molecule has 1 aromatic heterocycles. The molecule has 0 saturated carbocycles. The summed E-state index contributed by atoms with van der Waals surface area (Å²) in [7, 11) is 0. The first-order valence-corrected chi connectivity index (χ1v) is 7.38. The van der Waals surface area contributed by atoms with Crippen molar-refractivity contribution in [3.05, 3.63) is 57.9 Å². The van der Waals surface area contributed by atoms with Gasteiger partial charge >= 0.3 is 11.5 Å². The summed E-state index contributed by atoms with van der Waals surface area (Å²) in [6.45, 7) is 2.29. The number of halogens is 1. The highest BCUT2D eigenvalue weighted by atomic mass is 35.5. The van der Waals surface area contributed by atoms with E-state index in [0.717, 1.165) is 0 Å². The van der Waals surface area contributed by atoms with Crippen molar-refractivity contribution in [3.63, 3.8) is 0 Å². The van der Waals surface area contributed by atoms with Crippen LogP contribution in [0.2, 0.25) is 5.02 Å². The van der Waals surface area contributed by atoms with Gasteiger partial charge in [-0.3, -0.25) is 5.73 Å².